The van der Waals surface area contributed by atoms with Crippen molar-refractivity contribution >= 4 is 88.2 Å². The summed E-state index contributed by atoms with van der Waals surface area (Å²) in [5.41, 5.74) is 26.4. The number of carbonyl (C=O) groups excluding carboxylic acids is 11. The van der Waals surface area contributed by atoms with Crippen molar-refractivity contribution in [3.8, 4) is 0 Å². The molecule has 0 bridgehead atoms. The quantitative estimate of drug-likeness (QED) is 0.0148. The zero-order chi connectivity index (χ0) is 84.2. The Morgan fingerprint density at radius 3 is 0.819 bits per heavy atom. The Labute approximate surface area is 678 Å². The number of nitrogens with two attached hydrogens (primary N) is 4. The van der Waals surface area contributed by atoms with Crippen LogP contribution in [0.5, 0.6) is 0 Å². The van der Waals surface area contributed by atoms with Gasteiger partial charge in [0.25, 0.3) is 0 Å². The Balaban J connectivity index is 1.33. The average molecular weight is 1590 g/mol. The zero-order valence-electron chi connectivity index (χ0n) is 66.2. The molecule has 30 nitrogen and oxygen atoms in total. The smallest absolute Gasteiger partial charge is 0.243 e. The number of hydrogen-bond acceptors (Lipinski definition) is 16. The summed E-state index contributed by atoms with van der Waals surface area (Å²) in [4.78, 5) is 162. The number of rotatable bonds is 54. The van der Waals surface area contributed by atoms with Gasteiger partial charge in [-0.1, -0.05) is 182 Å². The van der Waals surface area contributed by atoms with Gasteiger partial charge in [-0.05, 0) is 124 Å². The summed E-state index contributed by atoms with van der Waals surface area (Å²) >= 11 is 0. The highest BCUT2D eigenvalue weighted by Crippen LogP contribution is 2.24. The van der Waals surface area contributed by atoms with Gasteiger partial charge in [0.15, 0.2) is 47.0 Å². The third kappa shape index (κ3) is 35.3. The molecule has 0 saturated heterocycles. The lowest BCUT2D eigenvalue weighted by atomic mass is 9.88. The SMILES string of the molecule is CNC(CCCNC(=N)N)C(=O)CC(Cc1ccccc1)C(=O)NC(Cc1ccccc1)C(=O)NC(CCCNC(=N)N)C(=O)CC(Cc1ccccc1)C(=O)NC(Cc1ccccc1)C(=O)NC(CCCNC(=N)N)C(=O)CC(Cc1ccccc1)C(=O)NC(Cc1ccccc1)C(=O)CC(CCCNC(=N)N)C(=O)NCC(C)=O. The molecule has 0 saturated carbocycles. The fourth-order valence-corrected chi connectivity index (χ4v) is 13.6. The molecule has 0 heterocycles. The van der Waals surface area contributed by atoms with Crippen molar-refractivity contribution < 1.29 is 52.7 Å². The highest BCUT2D eigenvalue weighted by Gasteiger charge is 2.37. The fraction of sp³-hybridized carbons (Fsp3) is 0.407. The van der Waals surface area contributed by atoms with E-state index in [0.717, 1.165) is 5.56 Å². The molecule has 116 heavy (non-hydrogen) atoms. The highest BCUT2D eigenvalue weighted by atomic mass is 16.2. The second kappa shape index (κ2) is 50.6. The molecule has 30 heteroatoms. The first-order valence-corrected chi connectivity index (χ1v) is 39.4. The van der Waals surface area contributed by atoms with Crippen LogP contribution in [0.25, 0.3) is 0 Å². The third-order valence-corrected chi connectivity index (χ3v) is 19.7. The number of hydrogen-bond donors (Lipinski definition) is 19. The van der Waals surface area contributed by atoms with Gasteiger partial charge in [0.2, 0.25) is 35.4 Å². The van der Waals surface area contributed by atoms with Gasteiger partial charge < -0.3 is 81.4 Å². The lowest BCUT2D eigenvalue weighted by Crippen LogP contribution is -2.55. The normalized spacial score (nSPS) is 13.5. The molecule has 6 aromatic carbocycles. The second-order valence-corrected chi connectivity index (χ2v) is 29.1. The van der Waals surface area contributed by atoms with Crippen LogP contribution in [0.4, 0.5) is 0 Å². The van der Waals surface area contributed by atoms with Crippen LogP contribution >= 0.6 is 0 Å². The molecule has 0 fully saturated rings. The topological polar surface area (TPSA) is 520 Å². The third-order valence-electron chi connectivity index (χ3n) is 19.7. The van der Waals surface area contributed by atoms with Crippen molar-refractivity contribution in [2.75, 3.05) is 39.8 Å². The molecule has 23 N–H and O–H groups in total. The number of nitrogens with one attached hydrogen (secondary N) is 15. The van der Waals surface area contributed by atoms with E-state index in [-0.39, 0.29) is 145 Å². The Morgan fingerprint density at radius 2 is 0.526 bits per heavy atom. The first kappa shape index (κ1) is 92.4. The Bertz CT molecular complexity index is 4190. The predicted molar refractivity (Wildman–Crippen MR) is 446 cm³/mol. The summed E-state index contributed by atoms with van der Waals surface area (Å²) < 4.78 is 0. The number of Topliss-reactive ketones (excluding diaryl/α,β-unsaturated/α-hetero) is 5. The minimum absolute atomic E-state index is 0.0114. The second-order valence-electron chi connectivity index (χ2n) is 29.1. The zero-order valence-corrected chi connectivity index (χ0v) is 66.2. The standard InChI is InChI=1S/C86H115N19O11/c1-56(106)55-100-77(111)63(37-21-41-96-83(87)88)51-76(110)70(48-60-31-15-6-16-32-60)103-78(112)65(46-58-27-11-4-12-28-58)53-74(108)68(39-23-43-98-85(91)92)101-82(116)72(50-62-35-19-8-20-36-62)105-80(114)66(47-59-29-13-5-14-30-59)54-75(109)69(40-24-44-99-86(93)94)102-81(115)71(49-61-33-17-7-18-34-61)104-79(113)64(45-57-25-9-3-10-26-57)52-73(107)67(95-2)38-22-42-97-84(89)90/h3-20,25-36,63-72,95H,21-24,37-55H2,1-2H3,(H,100,111)(H,101,116)(H,102,115)(H,103,112)(H,104,113)(H,105,114)(H4,87,88,96)(H4,89,90,97)(H4,91,92,98)(H4,93,94,99). The lowest BCUT2D eigenvalue weighted by molar-refractivity contribution is -0.136. The van der Waals surface area contributed by atoms with Crippen LogP contribution < -0.4 is 81.4 Å². The molecular weight excluding hydrogens is 1480 g/mol. The van der Waals surface area contributed by atoms with E-state index in [1.807, 2.05) is 30.3 Å². The van der Waals surface area contributed by atoms with Crippen LogP contribution in [0.1, 0.15) is 117 Å². The van der Waals surface area contributed by atoms with Crippen LogP contribution in [0.3, 0.4) is 0 Å². The van der Waals surface area contributed by atoms with Crippen LogP contribution in [0, 0.1) is 45.3 Å². The molecule has 620 valence electrons. The van der Waals surface area contributed by atoms with E-state index in [4.69, 9.17) is 44.6 Å². The maximum atomic E-state index is 15.5. The van der Waals surface area contributed by atoms with Gasteiger partial charge in [0.05, 0.1) is 30.7 Å². The molecule has 10 atom stereocenters. The van der Waals surface area contributed by atoms with E-state index in [1.165, 1.54) is 6.92 Å². The van der Waals surface area contributed by atoms with Gasteiger partial charge in [-0.2, -0.15) is 0 Å². The molecule has 0 spiro atoms. The number of benzene rings is 6. The molecule has 0 aliphatic rings. The van der Waals surface area contributed by atoms with Crippen molar-refractivity contribution in [2.24, 2.45) is 46.6 Å². The Hall–Kier alpha value is -12.5. The minimum Gasteiger partial charge on any atom is -0.370 e. The summed E-state index contributed by atoms with van der Waals surface area (Å²) in [6.07, 6.45) is -0.171. The minimum atomic E-state index is -1.44. The van der Waals surface area contributed by atoms with Gasteiger partial charge >= 0.3 is 0 Å². The van der Waals surface area contributed by atoms with Crippen LogP contribution in [-0.4, -0.2) is 164 Å². The average Bonchev–Trinajstić information content (AvgIpc) is 0.840. The molecular formula is C86H115N19O11. The molecule has 6 amide bonds. The van der Waals surface area contributed by atoms with Crippen molar-refractivity contribution in [3.63, 3.8) is 0 Å². The van der Waals surface area contributed by atoms with Gasteiger partial charge in [-0.3, -0.25) is 74.4 Å². The fourth-order valence-electron chi connectivity index (χ4n) is 13.6. The molecule has 0 radical (unpaired) electrons. The first-order chi connectivity index (χ1) is 55.7. The number of likely N-dealkylation sites (N-methyl/N-ethyl adjacent to an activating group) is 1. The van der Waals surface area contributed by atoms with Gasteiger partial charge in [0, 0.05) is 88.4 Å². The predicted octanol–water partition coefficient (Wildman–Crippen LogP) is 3.51. The van der Waals surface area contributed by atoms with E-state index in [2.05, 4.69) is 58.5 Å². The summed E-state index contributed by atoms with van der Waals surface area (Å²) in [6.45, 7) is 1.77. The molecule has 0 aromatic heterocycles. The summed E-state index contributed by atoms with van der Waals surface area (Å²) in [5, 5.41) is 62.1. The van der Waals surface area contributed by atoms with Crippen molar-refractivity contribution in [2.45, 2.75) is 159 Å². The molecule has 6 rings (SSSR count). The van der Waals surface area contributed by atoms with E-state index < -0.39 is 126 Å². The number of ketones is 5. The Kier molecular flexibility index (Phi) is 40.3. The number of carbonyl (C=O) groups is 11. The first-order valence-electron chi connectivity index (χ1n) is 39.4. The van der Waals surface area contributed by atoms with Gasteiger partial charge in [0.1, 0.15) is 17.9 Å². The maximum absolute atomic E-state index is 15.5. The lowest BCUT2D eigenvalue weighted by Gasteiger charge is -2.28. The largest absolute Gasteiger partial charge is 0.370 e. The van der Waals surface area contributed by atoms with E-state index in [0.29, 0.717) is 53.6 Å². The molecule has 0 aliphatic carbocycles. The van der Waals surface area contributed by atoms with Gasteiger partial charge in [-0.15, -0.1) is 0 Å². The van der Waals surface area contributed by atoms with Crippen LogP contribution in [0.15, 0.2) is 182 Å². The van der Waals surface area contributed by atoms with E-state index >= 15 is 28.8 Å². The monoisotopic (exact) mass is 1590 g/mol. The van der Waals surface area contributed by atoms with Crippen LogP contribution in [-0.2, 0) is 91.3 Å². The maximum Gasteiger partial charge on any atom is 0.243 e. The van der Waals surface area contributed by atoms with Crippen molar-refractivity contribution in [1.29, 1.82) is 21.6 Å². The van der Waals surface area contributed by atoms with Crippen LogP contribution in [0.2, 0.25) is 0 Å². The summed E-state index contributed by atoms with van der Waals surface area (Å²) in [6, 6.07) is 46.0. The van der Waals surface area contributed by atoms with E-state index in [1.54, 1.807) is 159 Å². The van der Waals surface area contributed by atoms with E-state index in [9.17, 15) is 24.0 Å². The molecule has 6 aromatic rings. The highest BCUT2D eigenvalue weighted by molar-refractivity contribution is 5.99. The Morgan fingerprint density at radius 1 is 0.284 bits per heavy atom. The van der Waals surface area contributed by atoms with Gasteiger partial charge in [-0.25, -0.2) is 0 Å². The molecule has 10 unspecified atom stereocenters. The summed E-state index contributed by atoms with van der Waals surface area (Å²) in [5.74, 6) is -12.0. The summed E-state index contributed by atoms with van der Waals surface area (Å²) in [7, 11) is 1.64. The van der Waals surface area contributed by atoms with Crippen molar-refractivity contribution in [3.05, 3.63) is 215 Å². The number of amides is 6. The van der Waals surface area contributed by atoms with Crippen molar-refractivity contribution in [1.82, 2.24) is 58.5 Å². The molecule has 0 aliphatic heterocycles. The number of guanidine groups is 4.